The first-order valence-corrected chi connectivity index (χ1v) is 11.6. The minimum Gasteiger partial charge on any atom is -0.495 e. The molecule has 8 heteroatoms. The lowest BCUT2D eigenvalue weighted by atomic mass is 10.0. The molecule has 0 spiro atoms. The van der Waals surface area contributed by atoms with Crippen molar-refractivity contribution in [3.63, 3.8) is 0 Å². The van der Waals surface area contributed by atoms with Crippen LogP contribution in [0.15, 0.2) is 84.0 Å². The van der Waals surface area contributed by atoms with Crippen LogP contribution < -0.4 is 10.1 Å². The van der Waals surface area contributed by atoms with E-state index in [4.69, 9.17) is 21.3 Å². The number of hydrogen-bond donors (Lipinski definition) is 1. The van der Waals surface area contributed by atoms with Gasteiger partial charge in [-0.1, -0.05) is 84.0 Å². The highest BCUT2D eigenvalue weighted by Crippen LogP contribution is 2.30. The normalized spacial score (nSPS) is 10.6. The zero-order chi connectivity index (χ0) is 23.0. The second kappa shape index (κ2) is 10.9. The lowest BCUT2D eigenvalue weighted by Gasteiger charge is -2.10. The van der Waals surface area contributed by atoms with E-state index in [0.717, 1.165) is 22.5 Å². The predicted molar refractivity (Wildman–Crippen MR) is 133 cm³/mol. The van der Waals surface area contributed by atoms with Gasteiger partial charge in [-0.05, 0) is 18.2 Å². The van der Waals surface area contributed by atoms with Crippen LogP contribution in [0.4, 0.5) is 5.69 Å². The summed E-state index contributed by atoms with van der Waals surface area (Å²) >= 11 is 7.51. The van der Waals surface area contributed by atoms with Gasteiger partial charge in [0, 0.05) is 29.0 Å². The number of hydrogen-bond acceptors (Lipinski definition) is 6. The van der Waals surface area contributed by atoms with Gasteiger partial charge in [0.15, 0.2) is 0 Å². The van der Waals surface area contributed by atoms with Gasteiger partial charge in [-0.15, -0.1) is 10.2 Å². The Bertz CT molecular complexity index is 1240. The standard InChI is InChI=1S/C25H21ClN4O2S/c1-32-21-13-12-19(16-20(21)26)27-22(31)14-15-33-25-28-23(17-8-4-2-5-9-17)24(29-30-25)18-10-6-3-7-11-18/h2-13,16H,14-15H2,1H3,(H,27,31). The molecule has 4 rings (SSSR count). The van der Waals surface area contributed by atoms with Crippen LogP contribution in [-0.2, 0) is 4.79 Å². The lowest BCUT2D eigenvalue weighted by molar-refractivity contribution is -0.115. The molecule has 6 nitrogen and oxygen atoms in total. The van der Waals surface area contributed by atoms with Gasteiger partial charge in [0.1, 0.15) is 17.1 Å². The third kappa shape index (κ3) is 5.88. The summed E-state index contributed by atoms with van der Waals surface area (Å²) in [6.07, 6.45) is 0.290. The Morgan fingerprint density at radius 2 is 1.61 bits per heavy atom. The zero-order valence-electron chi connectivity index (χ0n) is 17.9. The minimum atomic E-state index is -0.124. The summed E-state index contributed by atoms with van der Waals surface area (Å²) in [5, 5.41) is 12.6. The average Bonchev–Trinajstić information content (AvgIpc) is 2.85. The Hall–Kier alpha value is -3.42. The molecule has 0 aliphatic heterocycles. The Labute approximate surface area is 201 Å². The molecular weight excluding hydrogens is 456 g/mol. The van der Waals surface area contributed by atoms with Crippen LogP contribution in [0, 0.1) is 0 Å². The van der Waals surface area contributed by atoms with Crippen molar-refractivity contribution in [1.29, 1.82) is 0 Å². The second-order valence-electron chi connectivity index (χ2n) is 7.02. The highest BCUT2D eigenvalue weighted by Gasteiger charge is 2.14. The highest BCUT2D eigenvalue weighted by molar-refractivity contribution is 7.99. The molecule has 0 aliphatic rings. The van der Waals surface area contributed by atoms with Crippen molar-refractivity contribution >= 4 is 35.0 Å². The summed E-state index contributed by atoms with van der Waals surface area (Å²) in [5.41, 5.74) is 4.01. The number of thioether (sulfide) groups is 1. The van der Waals surface area contributed by atoms with Gasteiger partial charge < -0.3 is 10.1 Å². The molecule has 33 heavy (non-hydrogen) atoms. The van der Waals surface area contributed by atoms with Crippen molar-refractivity contribution in [1.82, 2.24) is 15.2 Å². The number of nitrogens with zero attached hydrogens (tertiary/aromatic N) is 3. The van der Waals surface area contributed by atoms with E-state index in [0.29, 0.717) is 33.8 Å². The summed E-state index contributed by atoms with van der Waals surface area (Å²) in [4.78, 5) is 17.1. The molecule has 3 aromatic carbocycles. The first-order chi connectivity index (χ1) is 16.1. The Balaban J connectivity index is 1.44. The van der Waals surface area contributed by atoms with E-state index in [1.165, 1.54) is 11.8 Å². The van der Waals surface area contributed by atoms with Crippen molar-refractivity contribution in [3.05, 3.63) is 83.9 Å². The van der Waals surface area contributed by atoms with Crippen LogP contribution in [0.2, 0.25) is 5.02 Å². The first-order valence-electron chi connectivity index (χ1n) is 10.3. The number of benzene rings is 3. The number of carbonyl (C=O) groups excluding carboxylic acids is 1. The maximum atomic E-state index is 12.3. The maximum absolute atomic E-state index is 12.3. The molecule has 1 heterocycles. The van der Waals surface area contributed by atoms with Crippen molar-refractivity contribution in [2.75, 3.05) is 18.2 Å². The average molecular weight is 477 g/mol. The quantitative estimate of drug-likeness (QED) is 0.315. The molecule has 0 radical (unpaired) electrons. The fourth-order valence-corrected chi connectivity index (χ4v) is 4.14. The van der Waals surface area contributed by atoms with Gasteiger partial charge in [0.05, 0.1) is 12.1 Å². The van der Waals surface area contributed by atoms with E-state index in [9.17, 15) is 4.79 Å². The van der Waals surface area contributed by atoms with E-state index in [1.54, 1.807) is 25.3 Å². The Morgan fingerprint density at radius 3 is 2.24 bits per heavy atom. The molecular formula is C25H21ClN4O2S. The number of nitrogens with one attached hydrogen (secondary N) is 1. The van der Waals surface area contributed by atoms with Gasteiger partial charge in [-0.2, -0.15) is 0 Å². The fourth-order valence-electron chi connectivity index (χ4n) is 3.16. The molecule has 1 N–H and O–H groups in total. The summed E-state index contributed by atoms with van der Waals surface area (Å²) in [7, 11) is 1.54. The largest absolute Gasteiger partial charge is 0.495 e. The number of anilines is 1. The van der Waals surface area contributed by atoms with Crippen molar-refractivity contribution in [2.45, 2.75) is 11.6 Å². The second-order valence-corrected chi connectivity index (χ2v) is 8.49. The third-order valence-corrected chi connectivity index (χ3v) is 5.89. The molecule has 166 valence electrons. The van der Waals surface area contributed by atoms with Gasteiger partial charge in [0.2, 0.25) is 11.1 Å². The number of rotatable bonds is 8. The SMILES string of the molecule is COc1ccc(NC(=O)CCSc2nnc(-c3ccccc3)c(-c3ccccc3)n2)cc1Cl. The Kier molecular flexibility index (Phi) is 7.55. The van der Waals surface area contributed by atoms with Crippen molar-refractivity contribution in [2.24, 2.45) is 0 Å². The molecule has 0 atom stereocenters. The summed E-state index contributed by atoms with van der Waals surface area (Å²) in [6.45, 7) is 0. The Morgan fingerprint density at radius 1 is 0.939 bits per heavy atom. The van der Waals surface area contributed by atoms with E-state index >= 15 is 0 Å². The van der Waals surface area contributed by atoms with Crippen molar-refractivity contribution < 1.29 is 9.53 Å². The smallest absolute Gasteiger partial charge is 0.225 e. The molecule has 0 bridgehead atoms. The van der Waals surface area contributed by atoms with Crippen LogP contribution >= 0.6 is 23.4 Å². The zero-order valence-corrected chi connectivity index (χ0v) is 19.4. The van der Waals surface area contributed by atoms with E-state index in [2.05, 4.69) is 15.5 Å². The van der Waals surface area contributed by atoms with Crippen molar-refractivity contribution in [3.8, 4) is 28.3 Å². The summed E-state index contributed by atoms with van der Waals surface area (Å²) in [6, 6.07) is 24.9. The number of ether oxygens (including phenoxy) is 1. The molecule has 0 unspecified atom stereocenters. The van der Waals surface area contributed by atoms with Gasteiger partial charge >= 0.3 is 0 Å². The van der Waals surface area contributed by atoms with E-state index in [-0.39, 0.29) is 5.91 Å². The van der Waals surface area contributed by atoms with Gasteiger partial charge in [-0.25, -0.2) is 4.98 Å². The lowest BCUT2D eigenvalue weighted by Crippen LogP contribution is -2.12. The number of amides is 1. The van der Waals surface area contributed by atoms with Crippen LogP contribution in [0.1, 0.15) is 6.42 Å². The molecule has 1 aromatic heterocycles. The molecule has 0 aliphatic carbocycles. The van der Waals surface area contributed by atoms with Crippen LogP contribution in [0.3, 0.4) is 0 Å². The van der Waals surface area contributed by atoms with Crippen LogP contribution in [0.25, 0.3) is 22.5 Å². The molecule has 1 amide bonds. The molecule has 0 fully saturated rings. The monoisotopic (exact) mass is 476 g/mol. The molecule has 4 aromatic rings. The summed E-state index contributed by atoms with van der Waals surface area (Å²) in [5.74, 6) is 0.944. The maximum Gasteiger partial charge on any atom is 0.225 e. The minimum absolute atomic E-state index is 0.124. The highest BCUT2D eigenvalue weighted by atomic mass is 35.5. The van der Waals surface area contributed by atoms with E-state index in [1.807, 2.05) is 60.7 Å². The fraction of sp³-hybridized carbons (Fsp3) is 0.120. The predicted octanol–water partition coefficient (Wildman–Crippen LogP) is 5.99. The number of halogens is 1. The number of methoxy groups -OCH3 is 1. The first kappa shape index (κ1) is 22.8. The van der Waals surface area contributed by atoms with E-state index < -0.39 is 0 Å². The van der Waals surface area contributed by atoms with Crippen LogP contribution in [0.5, 0.6) is 5.75 Å². The molecule has 0 saturated heterocycles. The topological polar surface area (TPSA) is 77.0 Å². The molecule has 0 saturated carbocycles. The summed E-state index contributed by atoms with van der Waals surface area (Å²) < 4.78 is 5.13. The van der Waals surface area contributed by atoms with Crippen LogP contribution in [-0.4, -0.2) is 34.0 Å². The third-order valence-electron chi connectivity index (χ3n) is 4.76. The van der Waals surface area contributed by atoms with Gasteiger partial charge in [0.25, 0.3) is 0 Å². The number of carbonyl (C=O) groups is 1. The van der Waals surface area contributed by atoms with Gasteiger partial charge in [-0.3, -0.25) is 4.79 Å². The number of aromatic nitrogens is 3.